The Bertz CT molecular complexity index is 340. The molecule has 0 radical (unpaired) electrons. The average Bonchev–Trinajstić information content (AvgIpc) is 2.26. The second-order valence-corrected chi connectivity index (χ2v) is 4.50. The normalized spacial score (nSPS) is 10.6. The second-order valence-electron chi connectivity index (χ2n) is 3.16. The summed E-state index contributed by atoms with van der Waals surface area (Å²) >= 11 is 1.56. The molecule has 4 nitrogen and oxygen atoms in total. The summed E-state index contributed by atoms with van der Waals surface area (Å²) < 4.78 is 0. The molecule has 0 unspecified atom stereocenters. The third-order valence-electron chi connectivity index (χ3n) is 2.16. The molecule has 5 heteroatoms. The topological polar surface area (TPSA) is 56.0 Å². The Balaban J connectivity index is 2.88. The van der Waals surface area contributed by atoms with Gasteiger partial charge in [0, 0.05) is 11.4 Å². The van der Waals surface area contributed by atoms with E-state index < -0.39 is 0 Å². The third-order valence-corrected chi connectivity index (χ3v) is 3.76. The Kier molecular flexibility index (Phi) is 4.55. The maximum Gasteiger partial charge on any atom is 0.300 e. The van der Waals surface area contributed by atoms with E-state index in [1.807, 2.05) is 0 Å². The van der Waals surface area contributed by atoms with Crippen LogP contribution in [0.2, 0.25) is 0 Å². The summed E-state index contributed by atoms with van der Waals surface area (Å²) in [6, 6.07) is 1.71. The quantitative estimate of drug-likeness (QED) is 0.439. The lowest BCUT2D eigenvalue weighted by atomic mass is 10.3. The zero-order valence-electron chi connectivity index (χ0n) is 8.84. The van der Waals surface area contributed by atoms with Gasteiger partial charge in [0.05, 0.1) is 9.82 Å². The molecule has 0 bridgehead atoms. The van der Waals surface area contributed by atoms with Crippen molar-refractivity contribution in [2.45, 2.75) is 36.8 Å². The summed E-state index contributed by atoms with van der Waals surface area (Å²) in [4.78, 5) is 14.8. The van der Waals surface area contributed by atoms with Crippen LogP contribution in [-0.4, -0.2) is 15.2 Å². The van der Waals surface area contributed by atoms with Crippen LogP contribution in [-0.2, 0) is 0 Å². The fraction of sp³-hybridized carbons (Fsp3) is 0.500. The second kappa shape index (κ2) is 5.70. The standard InChI is InChI=1S/C10H14N2O2S/c1-3-8(4-2)15-10-5-6-11-7-9(10)12(13)14/h5-8H,3-4H2,1-2H3. The summed E-state index contributed by atoms with van der Waals surface area (Å²) in [7, 11) is 0. The Morgan fingerprint density at radius 2 is 2.20 bits per heavy atom. The van der Waals surface area contributed by atoms with Gasteiger partial charge in [-0.1, -0.05) is 13.8 Å². The fourth-order valence-electron chi connectivity index (χ4n) is 1.25. The molecule has 0 aliphatic carbocycles. The van der Waals surface area contributed by atoms with Crippen molar-refractivity contribution in [2.24, 2.45) is 0 Å². The first-order chi connectivity index (χ1) is 7.19. The first-order valence-electron chi connectivity index (χ1n) is 4.94. The fourth-order valence-corrected chi connectivity index (χ4v) is 2.32. The number of thioether (sulfide) groups is 1. The first kappa shape index (κ1) is 12.0. The van der Waals surface area contributed by atoms with E-state index in [1.165, 1.54) is 6.20 Å². The highest BCUT2D eigenvalue weighted by Crippen LogP contribution is 2.33. The van der Waals surface area contributed by atoms with E-state index in [0.717, 1.165) is 12.8 Å². The van der Waals surface area contributed by atoms with Crippen molar-refractivity contribution in [2.75, 3.05) is 0 Å². The van der Waals surface area contributed by atoms with Gasteiger partial charge in [0.25, 0.3) is 0 Å². The molecule has 0 aliphatic heterocycles. The predicted molar refractivity (Wildman–Crippen MR) is 61.1 cm³/mol. The van der Waals surface area contributed by atoms with Gasteiger partial charge in [0.2, 0.25) is 0 Å². The summed E-state index contributed by atoms with van der Waals surface area (Å²) in [6.07, 6.45) is 4.93. The minimum atomic E-state index is -0.377. The minimum Gasteiger partial charge on any atom is -0.258 e. The van der Waals surface area contributed by atoms with Gasteiger partial charge in [-0.25, -0.2) is 0 Å². The van der Waals surface area contributed by atoms with Crippen LogP contribution in [0.15, 0.2) is 23.4 Å². The van der Waals surface area contributed by atoms with Crippen LogP contribution in [0.3, 0.4) is 0 Å². The lowest BCUT2D eigenvalue weighted by Crippen LogP contribution is -1.99. The SMILES string of the molecule is CCC(CC)Sc1ccncc1[N+](=O)[O-]. The Hall–Kier alpha value is -1.10. The number of nitrogens with zero attached hydrogens (tertiary/aromatic N) is 2. The molecule has 1 aromatic heterocycles. The molecule has 0 amide bonds. The highest BCUT2D eigenvalue weighted by Gasteiger charge is 2.16. The van der Waals surface area contributed by atoms with Crippen LogP contribution in [0.1, 0.15) is 26.7 Å². The van der Waals surface area contributed by atoms with Crippen molar-refractivity contribution >= 4 is 17.4 Å². The highest BCUT2D eigenvalue weighted by atomic mass is 32.2. The molecular formula is C10H14N2O2S. The van der Waals surface area contributed by atoms with Crippen LogP contribution < -0.4 is 0 Å². The maximum atomic E-state index is 10.7. The molecule has 1 aromatic rings. The van der Waals surface area contributed by atoms with Crippen molar-refractivity contribution in [3.05, 3.63) is 28.6 Å². The Morgan fingerprint density at radius 1 is 1.53 bits per heavy atom. The van der Waals surface area contributed by atoms with Crippen molar-refractivity contribution in [3.8, 4) is 0 Å². The number of aromatic nitrogens is 1. The van der Waals surface area contributed by atoms with E-state index in [9.17, 15) is 10.1 Å². The molecular weight excluding hydrogens is 212 g/mol. The van der Waals surface area contributed by atoms with E-state index in [1.54, 1.807) is 24.0 Å². The van der Waals surface area contributed by atoms with Gasteiger partial charge in [0.15, 0.2) is 0 Å². The Morgan fingerprint density at radius 3 is 2.73 bits per heavy atom. The maximum absolute atomic E-state index is 10.7. The van der Waals surface area contributed by atoms with Gasteiger partial charge in [-0.3, -0.25) is 15.1 Å². The summed E-state index contributed by atoms with van der Waals surface area (Å²) in [5.41, 5.74) is 0.106. The van der Waals surface area contributed by atoms with Gasteiger partial charge < -0.3 is 0 Å². The molecule has 15 heavy (non-hydrogen) atoms. The van der Waals surface area contributed by atoms with Crippen molar-refractivity contribution in [1.29, 1.82) is 0 Å². The molecule has 0 aliphatic rings. The summed E-state index contributed by atoms with van der Waals surface area (Å²) in [5, 5.41) is 11.2. The van der Waals surface area contributed by atoms with Crippen LogP contribution in [0.25, 0.3) is 0 Å². The summed E-state index contributed by atoms with van der Waals surface area (Å²) in [5.74, 6) is 0. The van der Waals surface area contributed by atoms with Gasteiger partial charge in [-0.2, -0.15) is 0 Å². The number of nitro groups is 1. The Labute approximate surface area is 93.3 Å². The van der Waals surface area contributed by atoms with Gasteiger partial charge >= 0.3 is 5.69 Å². The van der Waals surface area contributed by atoms with Crippen LogP contribution >= 0.6 is 11.8 Å². The van der Waals surface area contributed by atoms with Crippen molar-refractivity contribution in [1.82, 2.24) is 4.98 Å². The zero-order valence-corrected chi connectivity index (χ0v) is 9.66. The number of pyridine rings is 1. The van der Waals surface area contributed by atoms with Crippen molar-refractivity contribution < 1.29 is 4.92 Å². The van der Waals surface area contributed by atoms with Gasteiger partial charge in [-0.15, -0.1) is 11.8 Å². The van der Waals surface area contributed by atoms with Gasteiger partial charge in [-0.05, 0) is 18.9 Å². The molecule has 82 valence electrons. The van der Waals surface area contributed by atoms with Crippen LogP contribution in [0.4, 0.5) is 5.69 Å². The molecule has 0 fully saturated rings. The molecule has 0 saturated heterocycles. The van der Waals surface area contributed by atoms with Crippen LogP contribution in [0, 0.1) is 10.1 Å². The highest BCUT2D eigenvalue weighted by molar-refractivity contribution is 8.00. The van der Waals surface area contributed by atoms with Crippen LogP contribution in [0.5, 0.6) is 0 Å². The average molecular weight is 226 g/mol. The number of rotatable bonds is 5. The van der Waals surface area contributed by atoms with E-state index in [0.29, 0.717) is 10.1 Å². The third kappa shape index (κ3) is 3.20. The van der Waals surface area contributed by atoms with Crippen molar-refractivity contribution in [3.63, 3.8) is 0 Å². The molecule has 1 rings (SSSR count). The molecule has 0 saturated carbocycles. The largest absolute Gasteiger partial charge is 0.300 e. The monoisotopic (exact) mass is 226 g/mol. The van der Waals surface area contributed by atoms with E-state index >= 15 is 0 Å². The smallest absolute Gasteiger partial charge is 0.258 e. The first-order valence-corrected chi connectivity index (χ1v) is 5.82. The van der Waals surface area contributed by atoms with E-state index in [4.69, 9.17) is 0 Å². The predicted octanol–water partition coefficient (Wildman–Crippen LogP) is 3.27. The number of hydrogen-bond donors (Lipinski definition) is 0. The van der Waals surface area contributed by atoms with Gasteiger partial charge in [0.1, 0.15) is 6.20 Å². The minimum absolute atomic E-state index is 0.106. The lowest BCUT2D eigenvalue weighted by Gasteiger charge is -2.11. The molecule has 0 atom stereocenters. The molecule has 0 N–H and O–H groups in total. The molecule has 1 heterocycles. The summed E-state index contributed by atoms with van der Waals surface area (Å²) in [6.45, 7) is 4.18. The zero-order chi connectivity index (χ0) is 11.3. The van der Waals surface area contributed by atoms with E-state index in [2.05, 4.69) is 18.8 Å². The number of hydrogen-bond acceptors (Lipinski definition) is 4. The van der Waals surface area contributed by atoms with E-state index in [-0.39, 0.29) is 10.6 Å². The molecule has 0 spiro atoms. The molecule has 0 aromatic carbocycles. The lowest BCUT2D eigenvalue weighted by molar-refractivity contribution is -0.388.